The van der Waals surface area contributed by atoms with Gasteiger partial charge < -0.3 is 10.0 Å². The van der Waals surface area contributed by atoms with Gasteiger partial charge in [-0.2, -0.15) is 0 Å². The lowest BCUT2D eigenvalue weighted by Gasteiger charge is -2.25. The van der Waals surface area contributed by atoms with Crippen molar-refractivity contribution < 1.29 is 9.50 Å². The first-order valence-corrected chi connectivity index (χ1v) is 4.94. The minimum absolute atomic E-state index is 0.178. The maximum Gasteiger partial charge on any atom is 0.123 e. The van der Waals surface area contributed by atoms with E-state index in [-0.39, 0.29) is 18.5 Å². The second-order valence-electron chi connectivity index (χ2n) is 3.65. The van der Waals surface area contributed by atoms with Gasteiger partial charge in [-0.3, -0.25) is 0 Å². The van der Waals surface area contributed by atoms with Gasteiger partial charge >= 0.3 is 0 Å². The summed E-state index contributed by atoms with van der Waals surface area (Å²) >= 11 is 0. The molecule has 0 aromatic heterocycles. The standard InChI is InChI=1S/C11H14FNO/c12-9-3-5-10(6-4-9)13-7-1-2-11(13)8-14/h3-6,11,14H,1-2,7-8H2. The summed E-state index contributed by atoms with van der Waals surface area (Å²) in [5, 5.41) is 9.14. The van der Waals surface area contributed by atoms with Gasteiger partial charge in [0.05, 0.1) is 12.6 Å². The van der Waals surface area contributed by atoms with E-state index >= 15 is 0 Å². The number of benzene rings is 1. The van der Waals surface area contributed by atoms with Crippen LogP contribution in [0.3, 0.4) is 0 Å². The summed E-state index contributed by atoms with van der Waals surface area (Å²) in [6.07, 6.45) is 2.12. The molecule has 2 nitrogen and oxygen atoms in total. The molecule has 0 saturated carbocycles. The highest BCUT2D eigenvalue weighted by Crippen LogP contribution is 2.25. The van der Waals surface area contributed by atoms with Crippen molar-refractivity contribution in [2.75, 3.05) is 18.1 Å². The molecule has 0 amide bonds. The molecule has 0 spiro atoms. The average molecular weight is 195 g/mol. The normalized spacial score (nSPS) is 21.6. The van der Waals surface area contributed by atoms with Crippen LogP contribution in [0.25, 0.3) is 0 Å². The molecule has 2 rings (SSSR count). The van der Waals surface area contributed by atoms with E-state index in [4.69, 9.17) is 5.11 Å². The Morgan fingerprint density at radius 1 is 1.36 bits per heavy atom. The molecule has 1 N–H and O–H groups in total. The Balaban J connectivity index is 2.17. The zero-order valence-corrected chi connectivity index (χ0v) is 7.99. The van der Waals surface area contributed by atoms with E-state index in [9.17, 15) is 4.39 Å². The van der Waals surface area contributed by atoms with Crippen LogP contribution in [0.15, 0.2) is 24.3 Å². The van der Waals surface area contributed by atoms with Gasteiger partial charge in [0.25, 0.3) is 0 Å². The smallest absolute Gasteiger partial charge is 0.123 e. The number of rotatable bonds is 2. The van der Waals surface area contributed by atoms with Gasteiger partial charge in [-0.15, -0.1) is 0 Å². The summed E-state index contributed by atoms with van der Waals surface area (Å²) < 4.78 is 12.7. The lowest BCUT2D eigenvalue weighted by molar-refractivity contribution is 0.266. The van der Waals surface area contributed by atoms with E-state index in [0.29, 0.717) is 0 Å². The van der Waals surface area contributed by atoms with E-state index in [0.717, 1.165) is 25.1 Å². The summed E-state index contributed by atoms with van der Waals surface area (Å²) in [7, 11) is 0. The molecule has 1 aliphatic rings. The molecule has 1 saturated heterocycles. The minimum atomic E-state index is -0.214. The van der Waals surface area contributed by atoms with Gasteiger partial charge in [-0.25, -0.2) is 4.39 Å². The van der Waals surface area contributed by atoms with E-state index in [1.807, 2.05) is 0 Å². The largest absolute Gasteiger partial charge is 0.394 e. The third kappa shape index (κ3) is 1.73. The second kappa shape index (κ2) is 3.96. The summed E-state index contributed by atoms with van der Waals surface area (Å²) in [5.41, 5.74) is 1.00. The summed E-state index contributed by atoms with van der Waals surface area (Å²) in [4.78, 5) is 2.14. The van der Waals surface area contributed by atoms with Crippen molar-refractivity contribution in [1.29, 1.82) is 0 Å². The molecule has 1 unspecified atom stereocenters. The quantitative estimate of drug-likeness (QED) is 0.777. The van der Waals surface area contributed by atoms with Crippen LogP contribution in [-0.2, 0) is 0 Å². The zero-order valence-electron chi connectivity index (χ0n) is 7.99. The summed E-state index contributed by atoms with van der Waals surface area (Å²) in [6.45, 7) is 1.13. The van der Waals surface area contributed by atoms with E-state index in [1.165, 1.54) is 12.1 Å². The average Bonchev–Trinajstić information content (AvgIpc) is 2.67. The van der Waals surface area contributed by atoms with Crippen LogP contribution in [0.1, 0.15) is 12.8 Å². The van der Waals surface area contributed by atoms with Gasteiger partial charge in [0, 0.05) is 12.2 Å². The SMILES string of the molecule is OCC1CCCN1c1ccc(F)cc1. The molecule has 1 heterocycles. The number of nitrogens with zero attached hydrogens (tertiary/aromatic N) is 1. The van der Waals surface area contributed by atoms with E-state index < -0.39 is 0 Å². The van der Waals surface area contributed by atoms with Crippen molar-refractivity contribution in [3.05, 3.63) is 30.1 Å². The number of halogens is 1. The highest BCUT2D eigenvalue weighted by atomic mass is 19.1. The molecule has 3 heteroatoms. The van der Waals surface area contributed by atoms with Crippen LogP contribution in [0.2, 0.25) is 0 Å². The Labute approximate surface area is 83.0 Å². The van der Waals surface area contributed by atoms with E-state index in [2.05, 4.69) is 4.90 Å². The van der Waals surface area contributed by atoms with Crippen molar-refractivity contribution in [3.63, 3.8) is 0 Å². The number of hydrogen-bond donors (Lipinski definition) is 1. The Hall–Kier alpha value is -1.09. The molecule has 1 aromatic rings. The van der Waals surface area contributed by atoms with Crippen molar-refractivity contribution in [1.82, 2.24) is 0 Å². The zero-order chi connectivity index (χ0) is 9.97. The number of aliphatic hydroxyl groups excluding tert-OH is 1. The lowest BCUT2D eigenvalue weighted by atomic mass is 10.2. The molecule has 76 valence electrons. The van der Waals surface area contributed by atoms with Crippen molar-refractivity contribution >= 4 is 5.69 Å². The number of aliphatic hydroxyl groups is 1. The van der Waals surface area contributed by atoms with Crippen LogP contribution in [0.5, 0.6) is 0 Å². The number of hydrogen-bond acceptors (Lipinski definition) is 2. The first kappa shape index (κ1) is 9.46. The van der Waals surface area contributed by atoms with Crippen LogP contribution in [0.4, 0.5) is 10.1 Å². The molecule has 1 atom stereocenters. The fraction of sp³-hybridized carbons (Fsp3) is 0.455. The Morgan fingerprint density at radius 3 is 2.71 bits per heavy atom. The van der Waals surface area contributed by atoms with Gasteiger partial charge in [-0.05, 0) is 37.1 Å². The Kier molecular flexibility index (Phi) is 2.68. The molecular weight excluding hydrogens is 181 g/mol. The molecular formula is C11H14FNO. The van der Waals surface area contributed by atoms with E-state index in [1.54, 1.807) is 12.1 Å². The predicted octanol–water partition coefficient (Wildman–Crippen LogP) is 1.79. The molecule has 0 aliphatic carbocycles. The molecule has 0 bridgehead atoms. The predicted molar refractivity (Wildman–Crippen MR) is 53.9 cm³/mol. The topological polar surface area (TPSA) is 23.5 Å². The van der Waals surface area contributed by atoms with Crippen LogP contribution >= 0.6 is 0 Å². The van der Waals surface area contributed by atoms with Gasteiger partial charge in [0.15, 0.2) is 0 Å². The maximum absolute atomic E-state index is 12.7. The molecule has 1 aliphatic heterocycles. The number of anilines is 1. The van der Waals surface area contributed by atoms with Gasteiger partial charge in [0.1, 0.15) is 5.82 Å². The molecule has 1 aromatic carbocycles. The van der Waals surface area contributed by atoms with Crippen molar-refractivity contribution in [2.24, 2.45) is 0 Å². The highest BCUT2D eigenvalue weighted by Gasteiger charge is 2.23. The van der Waals surface area contributed by atoms with Gasteiger partial charge in [0.2, 0.25) is 0 Å². The van der Waals surface area contributed by atoms with Crippen molar-refractivity contribution in [3.8, 4) is 0 Å². The lowest BCUT2D eigenvalue weighted by Crippen LogP contribution is -2.31. The third-order valence-corrected chi connectivity index (χ3v) is 2.75. The van der Waals surface area contributed by atoms with Gasteiger partial charge in [-0.1, -0.05) is 0 Å². The Bertz CT molecular complexity index is 299. The maximum atomic E-state index is 12.7. The fourth-order valence-corrected chi connectivity index (χ4v) is 2.00. The molecule has 14 heavy (non-hydrogen) atoms. The Morgan fingerprint density at radius 2 is 2.07 bits per heavy atom. The fourth-order valence-electron chi connectivity index (χ4n) is 2.00. The van der Waals surface area contributed by atoms with Crippen molar-refractivity contribution in [2.45, 2.75) is 18.9 Å². The second-order valence-corrected chi connectivity index (χ2v) is 3.65. The first-order valence-electron chi connectivity index (χ1n) is 4.94. The summed E-state index contributed by atoms with van der Waals surface area (Å²) in [6, 6.07) is 6.66. The monoisotopic (exact) mass is 195 g/mol. The third-order valence-electron chi connectivity index (χ3n) is 2.75. The first-order chi connectivity index (χ1) is 6.81. The van der Waals surface area contributed by atoms with Crippen LogP contribution in [0, 0.1) is 5.82 Å². The minimum Gasteiger partial charge on any atom is -0.394 e. The molecule has 0 radical (unpaired) electrons. The van der Waals surface area contributed by atoms with Crippen LogP contribution < -0.4 is 4.90 Å². The summed E-state index contributed by atoms with van der Waals surface area (Å²) in [5.74, 6) is -0.214. The van der Waals surface area contributed by atoms with Crippen LogP contribution in [-0.4, -0.2) is 24.3 Å². The molecule has 1 fully saturated rings. The highest BCUT2D eigenvalue weighted by molar-refractivity contribution is 5.48.